The van der Waals surface area contributed by atoms with Gasteiger partial charge in [0.25, 0.3) is 11.5 Å². The number of rotatable bonds is 8. The third-order valence-electron chi connectivity index (χ3n) is 4.19. The van der Waals surface area contributed by atoms with E-state index in [2.05, 4.69) is 10.4 Å². The van der Waals surface area contributed by atoms with E-state index in [-0.39, 0.29) is 28.8 Å². The quantitative estimate of drug-likeness (QED) is 0.517. The van der Waals surface area contributed by atoms with Crippen molar-refractivity contribution in [1.29, 1.82) is 0 Å². The highest BCUT2D eigenvalue weighted by atomic mass is 35.5. The van der Waals surface area contributed by atoms with Gasteiger partial charge < -0.3 is 19.5 Å². The van der Waals surface area contributed by atoms with Crippen molar-refractivity contribution in [2.75, 3.05) is 25.6 Å². The average Bonchev–Trinajstić information content (AvgIpc) is 2.79. The van der Waals surface area contributed by atoms with Crippen molar-refractivity contribution < 1.29 is 23.8 Å². The number of ether oxygens (including phenoxy) is 3. The van der Waals surface area contributed by atoms with Gasteiger partial charge >= 0.3 is 5.97 Å². The Labute approximate surface area is 188 Å². The topological polar surface area (TPSA) is 109 Å². The number of halogens is 1. The molecule has 0 atom stereocenters. The third-order valence-corrected chi connectivity index (χ3v) is 4.51. The van der Waals surface area contributed by atoms with E-state index in [1.165, 1.54) is 7.11 Å². The SMILES string of the molecule is CCOC(=O)c1nn(-c2ccccc2Cl)c(=O)cc1OCC(=O)Nc1ccccc1OC. The summed E-state index contributed by atoms with van der Waals surface area (Å²) < 4.78 is 16.6. The molecule has 0 aliphatic rings. The fraction of sp³-hybridized carbons (Fsp3) is 0.182. The minimum absolute atomic E-state index is 0.0828. The van der Waals surface area contributed by atoms with Gasteiger partial charge in [-0.15, -0.1) is 0 Å². The monoisotopic (exact) mass is 457 g/mol. The molecule has 0 saturated heterocycles. The number of anilines is 1. The normalized spacial score (nSPS) is 10.3. The molecule has 0 bridgehead atoms. The van der Waals surface area contributed by atoms with Crippen molar-refractivity contribution >= 4 is 29.2 Å². The lowest BCUT2D eigenvalue weighted by Crippen LogP contribution is -2.27. The third kappa shape index (κ3) is 5.25. The lowest BCUT2D eigenvalue weighted by atomic mass is 10.3. The average molecular weight is 458 g/mol. The number of carbonyl (C=O) groups is 2. The van der Waals surface area contributed by atoms with Crippen LogP contribution in [0.5, 0.6) is 11.5 Å². The second-order valence-corrected chi connectivity index (χ2v) is 6.72. The molecule has 1 amide bonds. The predicted molar refractivity (Wildman–Crippen MR) is 118 cm³/mol. The van der Waals surface area contributed by atoms with Gasteiger partial charge in [-0.2, -0.15) is 9.78 Å². The number of para-hydroxylation sites is 3. The Balaban J connectivity index is 1.87. The van der Waals surface area contributed by atoms with Crippen LogP contribution >= 0.6 is 11.6 Å². The fourth-order valence-electron chi connectivity index (χ4n) is 2.76. The van der Waals surface area contributed by atoms with E-state index >= 15 is 0 Å². The molecule has 10 heteroatoms. The Bertz CT molecular complexity index is 1190. The van der Waals surface area contributed by atoms with Crippen molar-refractivity contribution in [1.82, 2.24) is 9.78 Å². The number of esters is 1. The second-order valence-electron chi connectivity index (χ2n) is 6.32. The maximum Gasteiger partial charge on any atom is 0.362 e. The molecule has 32 heavy (non-hydrogen) atoms. The van der Waals surface area contributed by atoms with E-state index < -0.39 is 24.0 Å². The summed E-state index contributed by atoms with van der Waals surface area (Å²) in [5.41, 5.74) is -0.144. The van der Waals surface area contributed by atoms with Gasteiger partial charge in [0.15, 0.2) is 12.4 Å². The molecular formula is C22H20ClN3O6. The van der Waals surface area contributed by atoms with E-state index in [0.29, 0.717) is 11.4 Å². The van der Waals surface area contributed by atoms with Crippen molar-refractivity contribution in [2.24, 2.45) is 0 Å². The second kappa shape index (κ2) is 10.5. The Morgan fingerprint density at radius 1 is 1.09 bits per heavy atom. The maximum atomic E-state index is 12.6. The van der Waals surface area contributed by atoms with Crippen LogP contribution in [-0.4, -0.2) is 42.0 Å². The Morgan fingerprint density at radius 3 is 2.53 bits per heavy atom. The number of nitrogens with zero attached hydrogens (tertiary/aromatic N) is 2. The molecule has 0 aliphatic carbocycles. The molecule has 0 fully saturated rings. The molecule has 0 aliphatic heterocycles. The van der Waals surface area contributed by atoms with Gasteiger partial charge in [-0.05, 0) is 31.2 Å². The number of methoxy groups -OCH3 is 1. The number of amides is 1. The molecule has 0 spiro atoms. The lowest BCUT2D eigenvalue weighted by Gasteiger charge is -2.14. The molecule has 0 radical (unpaired) electrons. The van der Waals surface area contributed by atoms with Crippen molar-refractivity contribution in [3.8, 4) is 17.2 Å². The van der Waals surface area contributed by atoms with Gasteiger partial charge in [0, 0.05) is 0 Å². The minimum Gasteiger partial charge on any atom is -0.495 e. The number of carbonyl (C=O) groups excluding carboxylic acids is 2. The largest absolute Gasteiger partial charge is 0.495 e. The number of hydrogen-bond acceptors (Lipinski definition) is 7. The summed E-state index contributed by atoms with van der Waals surface area (Å²) in [6, 6.07) is 14.4. The van der Waals surface area contributed by atoms with E-state index in [4.69, 9.17) is 25.8 Å². The van der Waals surface area contributed by atoms with Crippen molar-refractivity contribution in [2.45, 2.75) is 6.92 Å². The Kier molecular flexibility index (Phi) is 7.45. The highest BCUT2D eigenvalue weighted by Gasteiger charge is 2.21. The first kappa shape index (κ1) is 22.8. The Hall–Kier alpha value is -3.85. The van der Waals surface area contributed by atoms with E-state index in [1.807, 2.05) is 0 Å². The molecule has 1 aromatic heterocycles. The van der Waals surface area contributed by atoms with Crippen LogP contribution in [-0.2, 0) is 9.53 Å². The van der Waals surface area contributed by atoms with Gasteiger partial charge in [-0.1, -0.05) is 35.9 Å². The van der Waals surface area contributed by atoms with Gasteiger partial charge in [-0.3, -0.25) is 9.59 Å². The first-order chi connectivity index (χ1) is 15.4. The highest BCUT2D eigenvalue weighted by Crippen LogP contribution is 2.23. The number of aromatic nitrogens is 2. The van der Waals surface area contributed by atoms with Crippen LogP contribution in [0.3, 0.4) is 0 Å². The van der Waals surface area contributed by atoms with Crippen molar-refractivity contribution in [3.05, 3.63) is 75.7 Å². The molecule has 3 rings (SSSR count). The first-order valence-electron chi connectivity index (χ1n) is 9.56. The number of nitrogens with one attached hydrogen (secondary N) is 1. The molecule has 0 saturated carbocycles. The predicted octanol–water partition coefficient (Wildman–Crippen LogP) is 3.09. The minimum atomic E-state index is -0.812. The van der Waals surface area contributed by atoms with Gasteiger partial charge in [0.1, 0.15) is 5.75 Å². The highest BCUT2D eigenvalue weighted by molar-refractivity contribution is 6.32. The number of benzene rings is 2. The van der Waals surface area contributed by atoms with Crippen LogP contribution < -0.4 is 20.3 Å². The molecule has 2 aromatic carbocycles. The smallest absolute Gasteiger partial charge is 0.362 e. The van der Waals surface area contributed by atoms with Crippen LogP contribution in [0.25, 0.3) is 5.69 Å². The van der Waals surface area contributed by atoms with Crippen LogP contribution in [0.4, 0.5) is 5.69 Å². The molecule has 1 N–H and O–H groups in total. The van der Waals surface area contributed by atoms with Gasteiger partial charge in [0.05, 0.1) is 36.2 Å². The summed E-state index contributed by atoms with van der Waals surface area (Å²) in [5.74, 6) is -1.06. The maximum absolute atomic E-state index is 12.6. The summed E-state index contributed by atoms with van der Waals surface area (Å²) >= 11 is 6.16. The Morgan fingerprint density at radius 2 is 1.81 bits per heavy atom. The van der Waals surface area contributed by atoms with Crippen LogP contribution in [0.15, 0.2) is 59.4 Å². The molecule has 9 nitrogen and oxygen atoms in total. The molecule has 3 aromatic rings. The fourth-order valence-corrected chi connectivity index (χ4v) is 2.98. The summed E-state index contributed by atoms with van der Waals surface area (Å²) in [6.07, 6.45) is 0. The molecular weight excluding hydrogens is 438 g/mol. The standard InChI is InChI=1S/C22H20ClN3O6/c1-3-31-22(29)21-18(12-20(28)26(25-21)16-10-6-4-8-14(16)23)32-13-19(27)24-15-9-5-7-11-17(15)30-2/h4-12H,3,13H2,1-2H3,(H,24,27). The number of hydrogen-bond donors (Lipinski definition) is 1. The van der Waals surface area contributed by atoms with Gasteiger partial charge in [-0.25, -0.2) is 4.79 Å². The van der Waals surface area contributed by atoms with E-state index in [0.717, 1.165) is 10.7 Å². The molecule has 1 heterocycles. The zero-order valence-corrected chi connectivity index (χ0v) is 18.1. The van der Waals surface area contributed by atoms with E-state index in [9.17, 15) is 14.4 Å². The molecule has 166 valence electrons. The van der Waals surface area contributed by atoms with Gasteiger partial charge in [0.2, 0.25) is 5.69 Å². The summed E-state index contributed by atoms with van der Waals surface area (Å²) in [6.45, 7) is 1.23. The molecule has 0 unspecified atom stereocenters. The summed E-state index contributed by atoms with van der Waals surface area (Å²) in [7, 11) is 1.48. The zero-order chi connectivity index (χ0) is 23.1. The van der Waals surface area contributed by atoms with Crippen LogP contribution in [0.2, 0.25) is 5.02 Å². The lowest BCUT2D eigenvalue weighted by molar-refractivity contribution is -0.118. The van der Waals surface area contributed by atoms with Crippen molar-refractivity contribution in [3.63, 3.8) is 0 Å². The first-order valence-corrected chi connectivity index (χ1v) is 9.94. The summed E-state index contributed by atoms with van der Waals surface area (Å²) in [4.78, 5) is 37.4. The van der Waals surface area contributed by atoms with Crippen LogP contribution in [0.1, 0.15) is 17.4 Å². The zero-order valence-electron chi connectivity index (χ0n) is 17.3. The van der Waals surface area contributed by atoms with Crippen LogP contribution in [0, 0.1) is 0 Å². The summed E-state index contributed by atoms with van der Waals surface area (Å²) in [5, 5.41) is 6.98. The van der Waals surface area contributed by atoms with E-state index in [1.54, 1.807) is 55.5 Å².